The van der Waals surface area contributed by atoms with Crippen molar-refractivity contribution in [3.63, 3.8) is 0 Å². The van der Waals surface area contributed by atoms with Crippen LogP contribution < -0.4 is 9.27 Å². The first-order chi connectivity index (χ1) is 8.86. The lowest BCUT2D eigenvalue weighted by molar-refractivity contribution is -0.697. The fraction of sp³-hybridized carbons (Fsp3) is 0.706. The van der Waals surface area contributed by atoms with E-state index in [0.717, 1.165) is 0 Å². The Balaban J connectivity index is 0.00000324. The Morgan fingerprint density at radius 3 is 2.00 bits per heavy atom. The number of aryl methyl sites for hydroxylation is 2. The van der Waals surface area contributed by atoms with Gasteiger partial charge >= 0.3 is 0 Å². The minimum atomic E-state index is 0. The highest BCUT2D eigenvalue weighted by molar-refractivity contribution is 5.06. The van der Waals surface area contributed by atoms with E-state index >= 15 is 0 Å². The minimum absolute atomic E-state index is 0. The van der Waals surface area contributed by atoms with Crippen LogP contribution in [0.5, 0.6) is 0 Å². The van der Waals surface area contributed by atoms with Crippen molar-refractivity contribution in [2.45, 2.75) is 78.2 Å². The van der Waals surface area contributed by atoms with Crippen LogP contribution in [-0.2, 0) is 13.0 Å². The molecule has 0 aliphatic carbocycles. The molecule has 0 saturated carbocycles. The molecule has 0 amide bonds. The maximum atomic E-state index is 2.33. The lowest BCUT2D eigenvalue weighted by atomic mass is 10.1. The number of aromatic nitrogens is 1. The van der Waals surface area contributed by atoms with Crippen molar-refractivity contribution < 1.29 is 9.27 Å². The van der Waals surface area contributed by atoms with Crippen LogP contribution in [0.25, 0.3) is 0 Å². The summed E-state index contributed by atoms with van der Waals surface area (Å²) in [6, 6.07) is 4.57. The molecule has 0 saturated heterocycles. The van der Waals surface area contributed by atoms with Crippen molar-refractivity contribution in [1.29, 1.82) is 0 Å². The molecule has 0 fully saturated rings. The molecule has 0 bridgehead atoms. The van der Waals surface area contributed by atoms with Gasteiger partial charge in [0.15, 0.2) is 12.4 Å². The molecule has 1 aromatic heterocycles. The number of halogens is 1. The number of unbranched alkanes of at least 4 members (excludes halogenated alkanes) is 6. The van der Waals surface area contributed by atoms with Crippen molar-refractivity contribution in [2.75, 3.05) is 0 Å². The number of nitrogens with zero attached hydrogens (tertiary/aromatic N) is 1. The SMILES string of the molecule is CCCCCCCC[n+]1ccc(CCCC)cc1.[F-]. The van der Waals surface area contributed by atoms with Crippen LogP contribution >= 0.6 is 0 Å². The minimum Gasteiger partial charge on any atom is -1.00 e. The van der Waals surface area contributed by atoms with Crippen LogP contribution in [0, 0.1) is 0 Å². The summed E-state index contributed by atoms with van der Waals surface area (Å²) in [4.78, 5) is 0. The van der Waals surface area contributed by atoms with Gasteiger partial charge in [-0.15, -0.1) is 0 Å². The average molecular weight is 267 g/mol. The summed E-state index contributed by atoms with van der Waals surface area (Å²) in [5.41, 5.74) is 1.48. The molecule has 0 aliphatic rings. The second-order valence-corrected chi connectivity index (χ2v) is 5.32. The summed E-state index contributed by atoms with van der Waals surface area (Å²) in [7, 11) is 0. The molecular weight excluding hydrogens is 237 g/mol. The summed E-state index contributed by atoms with van der Waals surface area (Å²) in [6.07, 6.45) is 16.6. The van der Waals surface area contributed by atoms with Crippen molar-refractivity contribution in [3.05, 3.63) is 30.1 Å². The molecule has 1 heterocycles. The monoisotopic (exact) mass is 267 g/mol. The predicted molar refractivity (Wildman–Crippen MR) is 78.6 cm³/mol. The van der Waals surface area contributed by atoms with Gasteiger partial charge in [-0.05, 0) is 24.8 Å². The molecule has 0 aromatic carbocycles. The van der Waals surface area contributed by atoms with Gasteiger partial charge in [-0.1, -0.05) is 46.0 Å². The van der Waals surface area contributed by atoms with E-state index < -0.39 is 0 Å². The molecule has 19 heavy (non-hydrogen) atoms. The standard InChI is InChI=1S/C17H30N.FH/c1-3-5-7-8-9-10-14-18-15-12-17(13-16-18)11-6-4-2;/h12-13,15-16H,3-11,14H2,1-2H3;1H/q+1;/p-1. The van der Waals surface area contributed by atoms with E-state index in [9.17, 15) is 0 Å². The summed E-state index contributed by atoms with van der Waals surface area (Å²) in [5, 5.41) is 0. The van der Waals surface area contributed by atoms with Gasteiger partial charge in [-0.3, -0.25) is 0 Å². The first-order valence-electron chi connectivity index (χ1n) is 7.84. The largest absolute Gasteiger partial charge is 1.00 e. The molecule has 0 unspecified atom stereocenters. The van der Waals surface area contributed by atoms with Gasteiger partial charge in [0, 0.05) is 18.6 Å². The van der Waals surface area contributed by atoms with E-state index in [1.165, 1.54) is 69.9 Å². The summed E-state index contributed by atoms with van der Waals surface area (Å²) >= 11 is 0. The quantitative estimate of drug-likeness (QED) is 0.449. The summed E-state index contributed by atoms with van der Waals surface area (Å²) < 4.78 is 2.33. The Labute approximate surface area is 118 Å². The first-order valence-corrected chi connectivity index (χ1v) is 7.84. The number of pyridine rings is 1. The van der Waals surface area contributed by atoms with Crippen molar-refractivity contribution in [1.82, 2.24) is 0 Å². The normalized spacial score (nSPS) is 10.2. The first kappa shape index (κ1) is 18.1. The number of hydrogen-bond acceptors (Lipinski definition) is 0. The van der Waals surface area contributed by atoms with Crippen LogP contribution in [0.15, 0.2) is 24.5 Å². The highest BCUT2D eigenvalue weighted by Crippen LogP contribution is 2.05. The Kier molecular flexibility index (Phi) is 11.5. The second kappa shape index (κ2) is 12.1. The molecule has 2 heteroatoms. The van der Waals surface area contributed by atoms with Gasteiger partial charge in [-0.25, -0.2) is 4.57 Å². The molecular formula is C17H30FN. The summed E-state index contributed by atoms with van der Waals surface area (Å²) in [5.74, 6) is 0. The van der Waals surface area contributed by atoms with E-state index in [-0.39, 0.29) is 4.70 Å². The number of hydrogen-bond donors (Lipinski definition) is 0. The Morgan fingerprint density at radius 2 is 1.37 bits per heavy atom. The molecule has 0 spiro atoms. The Bertz CT molecular complexity index is 295. The van der Waals surface area contributed by atoms with E-state index in [4.69, 9.17) is 0 Å². The Hall–Kier alpha value is -0.920. The zero-order chi connectivity index (χ0) is 13.1. The fourth-order valence-corrected chi connectivity index (χ4v) is 2.26. The van der Waals surface area contributed by atoms with Crippen LogP contribution in [0.1, 0.15) is 70.8 Å². The molecule has 0 radical (unpaired) electrons. The lowest BCUT2D eigenvalue weighted by Gasteiger charge is -2.01. The summed E-state index contributed by atoms with van der Waals surface area (Å²) in [6.45, 7) is 5.71. The van der Waals surface area contributed by atoms with E-state index in [2.05, 4.69) is 42.9 Å². The zero-order valence-electron chi connectivity index (χ0n) is 12.7. The average Bonchev–Trinajstić information content (AvgIpc) is 2.42. The molecule has 0 N–H and O–H groups in total. The molecule has 1 aromatic rings. The highest BCUT2D eigenvalue weighted by atomic mass is 19.0. The van der Waals surface area contributed by atoms with Gasteiger partial charge in [0.05, 0.1) is 0 Å². The highest BCUT2D eigenvalue weighted by Gasteiger charge is 2.00. The predicted octanol–water partition coefficient (Wildman–Crippen LogP) is 1.68. The van der Waals surface area contributed by atoms with Crippen LogP contribution in [0.3, 0.4) is 0 Å². The maximum Gasteiger partial charge on any atom is 0.169 e. The van der Waals surface area contributed by atoms with E-state index in [1.54, 1.807) is 0 Å². The van der Waals surface area contributed by atoms with Crippen molar-refractivity contribution >= 4 is 0 Å². The molecule has 1 rings (SSSR count). The van der Waals surface area contributed by atoms with Gasteiger partial charge in [0.1, 0.15) is 6.54 Å². The van der Waals surface area contributed by atoms with Crippen LogP contribution in [-0.4, -0.2) is 0 Å². The third kappa shape index (κ3) is 8.74. The topological polar surface area (TPSA) is 3.88 Å². The van der Waals surface area contributed by atoms with Gasteiger partial charge in [-0.2, -0.15) is 0 Å². The molecule has 1 nitrogen and oxygen atoms in total. The van der Waals surface area contributed by atoms with E-state index in [1.807, 2.05) is 0 Å². The molecule has 110 valence electrons. The Morgan fingerprint density at radius 1 is 0.789 bits per heavy atom. The number of rotatable bonds is 10. The maximum absolute atomic E-state index is 2.33. The van der Waals surface area contributed by atoms with Crippen molar-refractivity contribution in [2.24, 2.45) is 0 Å². The van der Waals surface area contributed by atoms with Gasteiger partial charge in [0.25, 0.3) is 0 Å². The van der Waals surface area contributed by atoms with Gasteiger partial charge in [0.2, 0.25) is 0 Å². The fourth-order valence-electron chi connectivity index (χ4n) is 2.26. The third-order valence-corrected chi connectivity index (χ3v) is 3.55. The molecule has 0 atom stereocenters. The third-order valence-electron chi connectivity index (χ3n) is 3.55. The molecule has 0 aliphatic heterocycles. The van der Waals surface area contributed by atoms with Gasteiger partial charge < -0.3 is 4.70 Å². The van der Waals surface area contributed by atoms with Crippen LogP contribution in [0.4, 0.5) is 0 Å². The smallest absolute Gasteiger partial charge is 0.169 e. The zero-order valence-corrected chi connectivity index (χ0v) is 12.7. The second-order valence-electron chi connectivity index (χ2n) is 5.32. The van der Waals surface area contributed by atoms with Crippen molar-refractivity contribution in [3.8, 4) is 0 Å². The lowest BCUT2D eigenvalue weighted by Crippen LogP contribution is -3.00. The van der Waals surface area contributed by atoms with Crippen LogP contribution in [0.2, 0.25) is 0 Å². The van der Waals surface area contributed by atoms with E-state index in [0.29, 0.717) is 0 Å².